The van der Waals surface area contributed by atoms with Crippen molar-refractivity contribution in [1.29, 1.82) is 0 Å². The van der Waals surface area contributed by atoms with Crippen LogP contribution >= 0.6 is 0 Å². The molecule has 146 valence electrons. The lowest BCUT2D eigenvalue weighted by Crippen LogP contribution is -2.35. The number of hydrogen-bond acceptors (Lipinski definition) is 3. The SMILES string of the molecule is O=C(Cc1ncn2c1CN(C(=O)c1ccccc1)c1ccccc1-2)c1ccccc1. The number of imidazole rings is 1. The van der Waals surface area contributed by atoms with Crippen LogP contribution in [0.25, 0.3) is 5.69 Å². The molecule has 0 unspecified atom stereocenters. The minimum Gasteiger partial charge on any atom is -0.300 e. The van der Waals surface area contributed by atoms with E-state index in [4.69, 9.17) is 0 Å². The van der Waals surface area contributed by atoms with Crippen molar-refractivity contribution in [2.24, 2.45) is 0 Å². The summed E-state index contributed by atoms with van der Waals surface area (Å²) in [6, 6.07) is 26.2. The lowest BCUT2D eigenvalue weighted by Gasteiger charge is -2.31. The molecule has 1 aromatic heterocycles. The number of anilines is 1. The van der Waals surface area contributed by atoms with Gasteiger partial charge in [-0.2, -0.15) is 0 Å². The maximum absolute atomic E-state index is 13.3. The Kier molecular flexibility index (Phi) is 4.48. The van der Waals surface area contributed by atoms with E-state index < -0.39 is 0 Å². The van der Waals surface area contributed by atoms with Gasteiger partial charge in [-0.05, 0) is 24.3 Å². The molecule has 2 heterocycles. The minimum atomic E-state index is -0.0733. The summed E-state index contributed by atoms with van der Waals surface area (Å²) in [6.45, 7) is 0.363. The summed E-state index contributed by atoms with van der Waals surface area (Å²) in [5.41, 5.74) is 4.56. The molecule has 0 saturated heterocycles. The van der Waals surface area contributed by atoms with E-state index in [0.29, 0.717) is 23.4 Å². The summed E-state index contributed by atoms with van der Waals surface area (Å²) in [7, 11) is 0. The van der Waals surface area contributed by atoms with Crippen LogP contribution in [0.15, 0.2) is 91.3 Å². The van der Waals surface area contributed by atoms with E-state index in [1.807, 2.05) is 89.5 Å². The van der Waals surface area contributed by atoms with E-state index in [0.717, 1.165) is 17.1 Å². The van der Waals surface area contributed by atoms with Crippen LogP contribution in [0.4, 0.5) is 5.69 Å². The Labute approximate surface area is 174 Å². The van der Waals surface area contributed by atoms with Crippen LogP contribution in [0, 0.1) is 0 Å². The first-order chi connectivity index (χ1) is 14.7. The monoisotopic (exact) mass is 393 g/mol. The fourth-order valence-corrected chi connectivity index (χ4v) is 3.86. The number of benzene rings is 3. The van der Waals surface area contributed by atoms with Crippen molar-refractivity contribution in [3.05, 3.63) is 114 Å². The van der Waals surface area contributed by atoms with E-state index in [1.165, 1.54) is 0 Å². The molecule has 5 heteroatoms. The number of carbonyl (C=O) groups excluding carboxylic acids is 2. The molecule has 5 rings (SSSR count). The first kappa shape index (κ1) is 18.1. The first-order valence-corrected chi connectivity index (χ1v) is 9.82. The number of rotatable bonds is 4. The molecule has 5 nitrogen and oxygen atoms in total. The molecule has 0 bridgehead atoms. The molecule has 0 saturated carbocycles. The van der Waals surface area contributed by atoms with Gasteiger partial charge in [-0.25, -0.2) is 4.98 Å². The third-order valence-corrected chi connectivity index (χ3v) is 5.38. The Morgan fingerprint density at radius 3 is 2.07 bits per heavy atom. The zero-order valence-corrected chi connectivity index (χ0v) is 16.2. The van der Waals surface area contributed by atoms with Crippen LogP contribution in [-0.2, 0) is 13.0 Å². The number of fused-ring (bicyclic) bond motifs is 3. The number of para-hydroxylation sites is 2. The number of hydrogen-bond donors (Lipinski definition) is 0. The quantitative estimate of drug-likeness (QED) is 0.481. The Balaban J connectivity index is 1.53. The van der Waals surface area contributed by atoms with Crippen molar-refractivity contribution in [3.63, 3.8) is 0 Å². The number of Topliss-reactive ketones (excluding diaryl/α,β-unsaturated/α-hetero) is 1. The maximum Gasteiger partial charge on any atom is 0.258 e. The van der Waals surface area contributed by atoms with E-state index in [-0.39, 0.29) is 18.1 Å². The lowest BCUT2D eigenvalue weighted by molar-refractivity contribution is 0.0981. The van der Waals surface area contributed by atoms with Gasteiger partial charge < -0.3 is 4.90 Å². The predicted molar refractivity (Wildman–Crippen MR) is 115 cm³/mol. The van der Waals surface area contributed by atoms with Gasteiger partial charge in [0.25, 0.3) is 5.91 Å². The fourth-order valence-electron chi connectivity index (χ4n) is 3.86. The van der Waals surface area contributed by atoms with Crippen molar-refractivity contribution in [3.8, 4) is 5.69 Å². The van der Waals surface area contributed by atoms with Gasteiger partial charge in [0.1, 0.15) is 0 Å². The first-order valence-electron chi connectivity index (χ1n) is 9.82. The molecular weight excluding hydrogens is 374 g/mol. The second-order valence-corrected chi connectivity index (χ2v) is 7.22. The molecule has 30 heavy (non-hydrogen) atoms. The van der Waals surface area contributed by atoms with Gasteiger partial charge in [0.2, 0.25) is 0 Å². The molecule has 1 amide bonds. The number of ketones is 1. The zero-order valence-electron chi connectivity index (χ0n) is 16.2. The van der Waals surface area contributed by atoms with Gasteiger partial charge in [-0.1, -0.05) is 60.7 Å². The predicted octanol–water partition coefficient (Wildman–Crippen LogP) is 4.46. The molecular formula is C25H19N3O2. The van der Waals surface area contributed by atoms with Crippen molar-refractivity contribution >= 4 is 17.4 Å². The summed E-state index contributed by atoms with van der Waals surface area (Å²) in [4.78, 5) is 32.3. The molecule has 0 spiro atoms. The van der Waals surface area contributed by atoms with Gasteiger partial charge in [-0.3, -0.25) is 14.2 Å². The highest BCUT2D eigenvalue weighted by Gasteiger charge is 2.29. The molecule has 4 aromatic rings. The van der Waals surface area contributed by atoms with Crippen LogP contribution < -0.4 is 4.90 Å². The number of aromatic nitrogens is 2. The van der Waals surface area contributed by atoms with E-state index in [1.54, 1.807) is 11.2 Å². The second kappa shape index (κ2) is 7.44. The largest absolute Gasteiger partial charge is 0.300 e. The molecule has 0 aliphatic carbocycles. The smallest absolute Gasteiger partial charge is 0.258 e. The van der Waals surface area contributed by atoms with Gasteiger partial charge >= 0.3 is 0 Å². The van der Waals surface area contributed by atoms with Crippen molar-refractivity contribution in [2.45, 2.75) is 13.0 Å². The van der Waals surface area contributed by atoms with Crippen molar-refractivity contribution in [1.82, 2.24) is 9.55 Å². The highest BCUT2D eigenvalue weighted by atomic mass is 16.2. The Hall–Kier alpha value is -3.99. The number of nitrogens with zero attached hydrogens (tertiary/aromatic N) is 3. The molecule has 3 aromatic carbocycles. The van der Waals surface area contributed by atoms with Crippen molar-refractivity contribution in [2.75, 3.05) is 4.90 Å². The molecule has 0 fully saturated rings. The topological polar surface area (TPSA) is 55.2 Å². The molecule has 0 N–H and O–H groups in total. The van der Waals surface area contributed by atoms with Gasteiger partial charge in [-0.15, -0.1) is 0 Å². The lowest BCUT2D eigenvalue weighted by atomic mass is 10.0. The fraction of sp³-hybridized carbons (Fsp3) is 0.0800. The van der Waals surface area contributed by atoms with Crippen LogP contribution in [0.1, 0.15) is 32.1 Å². The third kappa shape index (κ3) is 3.10. The normalized spacial score (nSPS) is 12.2. The van der Waals surface area contributed by atoms with Crippen LogP contribution in [-0.4, -0.2) is 21.2 Å². The molecule has 0 atom stereocenters. The Morgan fingerprint density at radius 1 is 0.767 bits per heavy atom. The Bertz CT molecular complexity index is 1230. The third-order valence-electron chi connectivity index (χ3n) is 5.38. The minimum absolute atomic E-state index is 0.0110. The van der Waals surface area contributed by atoms with E-state index in [9.17, 15) is 9.59 Å². The highest BCUT2D eigenvalue weighted by molar-refractivity contribution is 6.07. The average Bonchev–Trinajstić information content (AvgIpc) is 3.22. The van der Waals surface area contributed by atoms with Gasteiger partial charge in [0.15, 0.2) is 5.78 Å². The van der Waals surface area contributed by atoms with Crippen LogP contribution in [0.5, 0.6) is 0 Å². The summed E-state index contributed by atoms with van der Waals surface area (Å²) in [5.74, 6) is -0.0623. The van der Waals surface area contributed by atoms with E-state index >= 15 is 0 Å². The summed E-state index contributed by atoms with van der Waals surface area (Å²) in [6.07, 6.45) is 1.94. The van der Waals surface area contributed by atoms with Crippen LogP contribution in [0.2, 0.25) is 0 Å². The summed E-state index contributed by atoms with van der Waals surface area (Å²) in [5, 5.41) is 0. The van der Waals surface area contributed by atoms with Gasteiger partial charge in [0.05, 0.1) is 42.1 Å². The van der Waals surface area contributed by atoms with E-state index in [2.05, 4.69) is 4.98 Å². The number of amides is 1. The second-order valence-electron chi connectivity index (χ2n) is 7.22. The standard InChI is InChI=1S/C25H19N3O2/c29-24(18-9-3-1-4-10-18)15-20-23-16-27(25(30)19-11-5-2-6-12-19)21-13-7-8-14-22(21)28(23)17-26-20/h1-14,17H,15-16H2. The zero-order chi connectivity index (χ0) is 20.5. The maximum atomic E-state index is 13.3. The van der Waals surface area contributed by atoms with Crippen molar-refractivity contribution < 1.29 is 9.59 Å². The summed E-state index contributed by atoms with van der Waals surface area (Å²) < 4.78 is 1.98. The number of carbonyl (C=O) groups is 2. The average molecular weight is 393 g/mol. The van der Waals surface area contributed by atoms with Gasteiger partial charge in [0, 0.05) is 11.1 Å². The highest BCUT2D eigenvalue weighted by Crippen LogP contribution is 2.34. The molecule has 1 aliphatic rings. The molecule has 0 radical (unpaired) electrons. The Morgan fingerprint density at radius 2 is 1.37 bits per heavy atom. The van der Waals surface area contributed by atoms with Crippen LogP contribution in [0.3, 0.4) is 0 Å². The molecule has 1 aliphatic heterocycles. The summed E-state index contributed by atoms with van der Waals surface area (Å²) >= 11 is 0.